The highest BCUT2D eigenvalue weighted by molar-refractivity contribution is 7.89. The molecule has 0 radical (unpaired) electrons. The standard InChI is InChI=1S/C11H16N4O3S/c1-15(2)6-5-14-11-8-7-10(19(12,16)17)18-9(8)3-4-13-11/h3-4,7H,5-6H2,1-2H3,(H,13,14)(H2,12,16,17). The van der Waals surface area contributed by atoms with Gasteiger partial charge in [0.1, 0.15) is 11.4 Å². The van der Waals surface area contributed by atoms with Gasteiger partial charge in [-0.3, -0.25) is 0 Å². The van der Waals surface area contributed by atoms with Crippen molar-refractivity contribution < 1.29 is 12.8 Å². The van der Waals surface area contributed by atoms with E-state index in [-0.39, 0.29) is 5.09 Å². The average Bonchev–Trinajstić information content (AvgIpc) is 2.72. The average molecular weight is 284 g/mol. The summed E-state index contributed by atoms with van der Waals surface area (Å²) in [6.45, 7) is 1.52. The maximum absolute atomic E-state index is 11.3. The number of furan rings is 1. The van der Waals surface area contributed by atoms with Crippen LogP contribution < -0.4 is 10.5 Å². The number of fused-ring (bicyclic) bond motifs is 1. The molecule has 0 aromatic carbocycles. The minimum absolute atomic E-state index is 0.258. The number of nitrogens with one attached hydrogen (secondary N) is 1. The second-order valence-electron chi connectivity index (χ2n) is 4.41. The van der Waals surface area contributed by atoms with Crippen LogP contribution in [0.25, 0.3) is 11.0 Å². The van der Waals surface area contributed by atoms with Crippen molar-refractivity contribution >= 4 is 26.8 Å². The predicted molar refractivity (Wildman–Crippen MR) is 72.4 cm³/mol. The van der Waals surface area contributed by atoms with Crippen LogP contribution >= 0.6 is 0 Å². The van der Waals surface area contributed by atoms with Gasteiger partial charge in [-0.15, -0.1) is 0 Å². The van der Waals surface area contributed by atoms with E-state index in [2.05, 4.69) is 10.3 Å². The van der Waals surface area contributed by atoms with Crippen molar-refractivity contribution in [2.75, 3.05) is 32.5 Å². The first-order chi connectivity index (χ1) is 8.88. The molecule has 0 unspecified atom stereocenters. The van der Waals surface area contributed by atoms with Gasteiger partial charge in [0.15, 0.2) is 0 Å². The normalized spacial score (nSPS) is 12.2. The lowest BCUT2D eigenvalue weighted by Crippen LogP contribution is -2.21. The summed E-state index contributed by atoms with van der Waals surface area (Å²) in [5, 5.41) is 8.52. The fourth-order valence-electron chi connectivity index (χ4n) is 1.62. The molecular formula is C11H16N4O3S. The highest BCUT2D eigenvalue weighted by atomic mass is 32.2. The van der Waals surface area contributed by atoms with Gasteiger partial charge >= 0.3 is 0 Å². The maximum atomic E-state index is 11.3. The van der Waals surface area contributed by atoms with E-state index in [1.165, 1.54) is 6.07 Å². The minimum atomic E-state index is -3.85. The Bertz CT molecular complexity index is 678. The third-order valence-corrected chi connectivity index (χ3v) is 3.32. The summed E-state index contributed by atoms with van der Waals surface area (Å²) in [6.07, 6.45) is 1.55. The summed E-state index contributed by atoms with van der Waals surface area (Å²) in [5.41, 5.74) is 0.436. The van der Waals surface area contributed by atoms with Gasteiger partial charge in [-0.1, -0.05) is 0 Å². The summed E-state index contributed by atoms with van der Waals surface area (Å²) >= 11 is 0. The van der Waals surface area contributed by atoms with Crippen LogP contribution in [0.15, 0.2) is 27.8 Å². The molecule has 2 aromatic rings. The molecular weight excluding hydrogens is 268 g/mol. The van der Waals surface area contributed by atoms with E-state index in [1.807, 2.05) is 19.0 Å². The van der Waals surface area contributed by atoms with Crippen molar-refractivity contribution in [3.05, 3.63) is 18.3 Å². The van der Waals surface area contributed by atoms with E-state index in [4.69, 9.17) is 9.56 Å². The van der Waals surface area contributed by atoms with E-state index in [9.17, 15) is 8.42 Å². The Balaban J connectivity index is 2.32. The topological polar surface area (TPSA) is 101 Å². The zero-order valence-corrected chi connectivity index (χ0v) is 11.6. The van der Waals surface area contributed by atoms with Crippen molar-refractivity contribution in [3.63, 3.8) is 0 Å². The van der Waals surface area contributed by atoms with Crippen LogP contribution in [0, 0.1) is 0 Å². The van der Waals surface area contributed by atoms with E-state index in [0.717, 1.165) is 6.54 Å². The van der Waals surface area contributed by atoms with Crippen LogP contribution in [0.1, 0.15) is 0 Å². The van der Waals surface area contributed by atoms with Crippen LogP contribution in [0.3, 0.4) is 0 Å². The highest BCUT2D eigenvalue weighted by Crippen LogP contribution is 2.26. The summed E-state index contributed by atoms with van der Waals surface area (Å²) in [6, 6.07) is 2.98. The molecule has 2 rings (SSSR count). The van der Waals surface area contributed by atoms with E-state index < -0.39 is 10.0 Å². The zero-order chi connectivity index (χ0) is 14.0. The number of aromatic nitrogens is 1. The number of sulfonamides is 1. The van der Waals surface area contributed by atoms with Crippen LogP contribution in [-0.2, 0) is 10.0 Å². The van der Waals surface area contributed by atoms with Gasteiger partial charge in [-0.25, -0.2) is 18.5 Å². The number of pyridine rings is 1. The maximum Gasteiger partial charge on any atom is 0.271 e. The van der Waals surface area contributed by atoms with Gasteiger partial charge in [0.25, 0.3) is 10.0 Å². The zero-order valence-electron chi connectivity index (χ0n) is 10.8. The number of anilines is 1. The van der Waals surface area contributed by atoms with Crippen LogP contribution in [0.2, 0.25) is 0 Å². The Morgan fingerprint density at radius 2 is 2.21 bits per heavy atom. The predicted octanol–water partition coefficient (Wildman–Crippen LogP) is 0.449. The van der Waals surface area contributed by atoms with Gasteiger partial charge in [-0.2, -0.15) is 0 Å². The second-order valence-corrected chi connectivity index (χ2v) is 5.90. The number of rotatable bonds is 5. The molecule has 0 spiro atoms. The highest BCUT2D eigenvalue weighted by Gasteiger charge is 2.16. The van der Waals surface area contributed by atoms with E-state index >= 15 is 0 Å². The third-order valence-electron chi connectivity index (χ3n) is 2.55. The molecule has 19 heavy (non-hydrogen) atoms. The van der Waals surface area contributed by atoms with Gasteiger partial charge < -0.3 is 14.6 Å². The summed E-state index contributed by atoms with van der Waals surface area (Å²) in [7, 11) is 0.0840. The SMILES string of the molecule is CN(C)CCNc1nccc2oc(S(N)(=O)=O)cc12. The quantitative estimate of drug-likeness (QED) is 0.826. The van der Waals surface area contributed by atoms with Crippen molar-refractivity contribution in [2.45, 2.75) is 5.09 Å². The van der Waals surface area contributed by atoms with Crippen LogP contribution in [-0.4, -0.2) is 45.5 Å². The fraction of sp³-hybridized carbons (Fsp3) is 0.364. The number of hydrogen-bond donors (Lipinski definition) is 2. The van der Waals surface area contributed by atoms with E-state index in [0.29, 0.717) is 23.3 Å². The Morgan fingerprint density at radius 1 is 1.47 bits per heavy atom. The third kappa shape index (κ3) is 3.22. The molecule has 0 aliphatic carbocycles. The van der Waals surface area contributed by atoms with Gasteiger partial charge in [0.2, 0.25) is 5.09 Å². The summed E-state index contributed by atoms with van der Waals surface area (Å²) in [5.74, 6) is 0.581. The van der Waals surface area contributed by atoms with Crippen molar-refractivity contribution in [2.24, 2.45) is 5.14 Å². The molecule has 0 fully saturated rings. The molecule has 0 saturated heterocycles. The molecule has 3 N–H and O–H groups in total. The molecule has 2 heterocycles. The molecule has 104 valence electrons. The minimum Gasteiger partial charge on any atom is -0.443 e. The smallest absolute Gasteiger partial charge is 0.271 e. The number of primary sulfonamides is 1. The summed E-state index contributed by atoms with van der Waals surface area (Å²) < 4.78 is 27.7. The molecule has 0 saturated carbocycles. The largest absolute Gasteiger partial charge is 0.443 e. The van der Waals surface area contributed by atoms with Gasteiger partial charge in [-0.05, 0) is 20.2 Å². The molecule has 0 bridgehead atoms. The molecule has 0 amide bonds. The Kier molecular flexibility index (Phi) is 3.74. The monoisotopic (exact) mass is 284 g/mol. The molecule has 0 aliphatic rings. The Hall–Kier alpha value is -1.64. The number of nitrogens with two attached hydrogens (primary N) is 1. The number of likely N-dealkylation sites (N-methyl/N-ethyl adjacent to an activating group) is 1. The molecule has 8 heteroatoms. The van der Waals surface area contributed by atoms with Crippen molar-refractivity contribution in [1.82, 2.24) is 9.88 Å². The van der Waals surface area contributed by atoms with Crippen molar-refractivity contribution in [3.8, 4) is 0 Å². The van der Waals surface area contributed by atoms with E-state index in [1.54, 1.807) is 12.3 Å². The van der Waals surface area contributed by atoms with Gasteiger partial charge in [0, 0.05) is 25.4 Å². The van der Waals surface area contributed by atoms with Crippen LogP contribution in [0.4, 0.5) is 5.82 Å². The second kappa shape index (κ2) is 5.16. The van der Waals surface area contributed by atoms with Gasteiger partial charge in [0.05, 0.1) is 5.39 Å². The first-order valence-electron chi connectivity index (χ1n) is 5.68. The summed E-state index contributed by atoms with van der Waals surface area (Å²) in [4.78, 5) is 6.20. The number of nitrogens with zero attached hydrogens (tertiary/aromatic N) is 2. The lowest BCUT2D eigenvalue weighted by Gasteiger charge is -2.10. The molecule has 2 aromatic heterocycles. The molecule has 0 atom stereocenters. The van der Waals surface area contributed by atoms with Crippen molar-refractivity contribution in [1.29, 1.82) is 0 Å². The lowest BCUT2D eigenvalue weighted by atomic mass is 10.3. The first-order valence-corrected chi connectivity index (χ1v) is 7.22. The Labute approximate surface area is 111 Å². The first kappa shape index (κ1) is 13.8. The number of hydrogen-bond acceptors (Lipinski definition) is 6. The van der Waals surface area contributed by atoms with Crippen LogP contribution in [0.5, 0.6) is 0 Å². The lowest BCUT2D eigenvalue weighted by molar-refractivity contribution is 0.425. The fourth-order valence-corrected chi connectivity index (χ4v) is 2.11. The Morgan fingerprint density at radius 3 is 2.84 bits per heavy atom. The molecule has 7 nitrogen and oxygen atoms in total. The molecule has 0 aliphatic heterocycles.